The standard InChI is InChI=1S/C26H31ClFN3O5S2/c1-30(2)21-7-5-6-8-22(21)36-24-15-20(28)19(27)14-25(24)38(32,33)31(26-29-11-12-37-26)16-17-9-10-18(34-3)13-23(17)35-4/h9-15,21-22H,5-8,16H2,1-4H3/t21-,22?/m0/s1. The number of hydrogen-bond donors (Lipinski definition) is 0. The van der Waals surface area contributed by atoms with Crippen molar-refractivity contribution in [3.8, 4) is 17.2 Å². The van der Waals surface area contributed by atoms with Crippen LogP contribution in [0.2, 0.25) is 5.02 Å². The number of halogens is 2. The maximum atomic E-state index is 14.7. The second-order valence-electron chi connectivity index (χ2n) is 9.19. The molecule has 4 rings (SSSR count). The number of nitrogens with zero attached hydrogens (tertiary/aromatic N) is 3. The highest BCUT2D eigenvalue weighted by Gasteiger charge is 2.35. The summed E-state index contributed by atoms with van der Waals surface area (Å²) in [5.41, 5.74) is 0.586. The van der Waals surface area contributed by atoms with E-state index in [0.29, 0.717) is 17.1 Å². The molecule has 0 bridgehead atoms. The van der Waals surface area contributed by atoms with Crippen LogP contribution in [0.1, 0.15) is 31.2 Å². The predicted molar refractivity (Wildman–Crippen MR) is 147 cm³/mol. The van der Waals surface area contributed by atoms with Crippen molar-refractivity contribution in [1.82, 2.24) is 9.88 Å². The Morgan fingerprint density at radius 3 is 2.53 bits per heavy atom. The number of anilines is 1. The molecule has 1 saturated carbocycles. The lowest BCUT2D eigenvalue weighted by molar-refractivity contribution is 0.0598. The van der Waals surface area contributed by atoms with E-state index in [-0.39, 0.29) is 39.5 Å². The van der Waals surface area contributed by atoms with Crippen LogP contribution in [0.3, 0.4) is 0 Å². The molecule has 2 aromatic carbocycles. The van der Waals surface area contributed by atoms with Crippen molar-refractivity contribution in [2.45, 2.75) is 49.3 Å². The van der Waals surface area contributed by atoms with Gasteiger partial charge < -0.3 is 19.1 Å². The van der Waals surface area contributed by atoms with Gasteiger partial charge in [-0.3, -0.25) is 0 Å². The summed E-state index contributed by atoms with van der Waals surface area (Å²) in [7, 11) is 2.63. The minimum Gasteiger partial charge on any atom is -0.497 e. The summed E-state index contributed by atoms with van der Waals surface area (Å²) in [6.07, 6.45) is 4.83. The number of ether oxygens (including phenoxy) is 3. The molecule has 206 valence electrons. The van der Waals surface area contributed by atoms with E-state index in [1.807, 2.05) is 14.1 Å². The molecule has 0 N–H and O–H groups in total. The van der Waals surface area contributed by atoms with Crippen molar-refractivity contribution >= 4 is 38.1 Å². The largest absolute Gasteiger partial charge is 0.497 e. The zero-order chi connectivity index (χ0) is 27.4. The maximum absolute atomic E-state index is 14.7. The summed E-state index contributed by atoms with van der Waals surface area (Å²) >= 11 is 7.28. The number of methoxy groups -OCH3 is 2. The Morgan fingerprint density at radius 2 is 1.87 bits per heavy atom. The Morgan fingerprint density at radius 1 is 1.11 bits per heavy atom. The van der Waals surface area contributed by atoms with Crippen LogP contribution in [0.5, 0.6) is 17.2 Å². The smallest absolute Gasteiger partial charge is 0.270 e. The van der Waals surface area contributed by atoms with E-state index in [9.17, 15) is 12.8 Å². The molecule has 0 aliphatic heterocycles. The van der Waals surface area contributed by atoms with Gasteiger partial charge in [-0.2, -0.15) is 0 Å². The van der Waals surface area contributed by atoms with Gasteiger partial charge in [-0.1, -0.05) is 18.0 Å². The number of hydrogen-bond acceptors (Lipinski definition) is 8. The van der Waals surface area contributed by atoms with E-state index in [2.05, 4.69) is 9.88 Å². The Labute approximate surface area is 232 Å². The van der Waals surface area contributed by atoms with Gasteiger partial charge in [-0.25, -0.2) is 22.1 Å². The second-order valence-corrected chi connectivity index (χ2v) is 12.3. The molecule has 1 aromatic heterocycles. The van der Waals surface area contributed by atoms with Crippen LogP contribution in [0.4, 0.5) is 9.52 Å². The van der Waals surface area contributed by atoms with E-state index >= 15 is 0 Å². The van der Waals surface area contributed by atoms with Gasteiger partial charge >= 0.3 is 0 Å². The molecule has 38 heavy (non-hydrogen) atoms. The highest BCUT2D eigenvalue weighted by atomic mass is 35.5. The van der Waals surface area contributed by atoms with E-state index < -0.39 is 15.8 Å². The molecule has 1 aliphatic rings. The van der Waals surface area contributed by atoms with Gasteiger partial charge in [0.15, 0.2) is 5.13 Å². The van der Waals surface area contributed by atoms with Crippen LogP contribution in [-0.2, 0) is 16.6 Å². The Kier molecular flexibility index (Phi) is 9.02. The topological polar surface area (TPSA) is 81.2 Å². The normalized spacial score (nSPS) is 17.9. The van der Waals surface area contributed by atoms with E-state index in [1.165, 1.54) is 20.4 Å². The van der Waals surface area contributed by atoms with Crippen molar-refractivity contribution < 1.29 is 27.0 Å². The average Bonchev–Trinajstić information content (AvgIpc) is 3.43. The summed E-state index contributed by atoms with van der Waals surface area (Å²) < 4.78 is 61.4. The van der Waals surface area contributed by atoms with Crippen LogP contribution in [0.15, 0.2) is 46.8 Å². The minimum absolute atomic E-state index is 0.0664. The number of aromatic nitrogens is 1. The molecule has 0 saturated heterocycles. The van der Waals surface area contributed by atoms with Crippen LogP contribution >= 0.6 is 22.9 Å². The van der Waals surface area contributed by atoms with Crippen molar-refractivity contribution in [2.75, 3.05) is 32.6 Å². The van der Waals surface area contributed by atoms with Crippen molar-refractivity contribution in [1.29, 1.82) is 0 Å². The summed E-state index contributed by atoms with van der Waals surface area (Å²) in [4.78, 5) is 6.09. The SMILES string of the molecule is COc1ccc(CN(c2nccs2)S(=O)(=O)c2cc(Cl)c(F)cc2OC2CCCC[C@@H]2N(C)C)c(OC)c1. The van der Waals surface area contributed by atoms with Crippen LogP contribution < -0.4 is 18.5 Å². The highest BCUT2D eigenvalue weighted by Crippen LogP contribution is 2.38. The molecule has 2 atom stereocenters. The van der Waals surface area contributed by atoms with Gasteiger partial charge in [-0.05, 0) is 51.6 Å². The Balaban J connectivity index is 1.79. The third-order valence-electron chi connectivity index (χ3n) is 6.60. The molecular weight excluding hydrogens is 553 g/mol. The zero-order valence-electron chi connectivity index (χ0n) is 21.7. The molecular formula is C26H31ClFN3O5S2. The average molecular weight is 584 g/mol. The molecule has 1 aliphatic carbocycles. The second kappa shape index (κ2) is 12.1. The third-order valence-corrected chi connectivity index (χ3v) is 9.56. The minimum atomic E-state index is -4.32. The number of sulfonamides is 1. The lowest BCUT2D eigenvalue weighted by Gasteiger charge is -2.36. The van der Waals surface area contributed by atoms with Crippen molar-refractivity contribution in [3.63, 3.8) is 0 Å². The summed E-state index contributed by atoms with van der Waals surface area (Å²) in [5.74, 6) is 0.188. The van der Waals surface area contributed by atoms with Gasteiger partial charge in [0.2, 0.25) is 0 Å². The van der Waals surface area contributed by atoms with Crippen molar-refractivity contribution in [3.05, 3.63) is 58.3 Å². The van der Waals surface area contributed by atoms with E-state index in [4.69, 9.17) is 25.8 Å². The predicted octanol–water partition coefficient (Wildman–Crippen LogP) is 5.60. The van der Waals surface area contributed by atoms with E-state index in [0.717, 1.165) is 53.5 Å². The highest BCUT2D eigenvalue weighted by molar-refractivity contribution is 7.93. The Hall–Kier alpha value is -2.60. The summed E-state index contributed by atoms with van der Waals surface area (Å²) in [6, 6.07) is 7.36. The van der Waals surface area contributed by atoms with Gasteiger partial charge in [0.25, 0.3) is 10.0 Å². The first-order chi connectivity index (χ1) is 18.1. The number of likely N-dealkylation sites (N-methyl/N-ethyl adjacent to an activating group) is 1. The van der Waals surface area contributed by atoms with E-state index in [1.54, 1.807) is 23.6 Å². The monoisotopic (exact) mass is 583 g/mol. The third kappa shape index (κ3) is 6.01. The zero-order valence-corrected chi connectivity index (χ0v) is 24.1. The van der Waals surface area contributed by atoms with Gasteiger partial charge in [0.1, 0.15) is 34.1 Å². The summed E-state index contributed by atoms with van der Waals surface area (Å²) in [6.45, 7) is -0.0960. The molecule has 0 radical (unpaired) electrons. The fraction of sp³-hybridized carbons (Fsp3) is 0.423. The Bertz CT molecular complexity index is 1360. The summed E-state index contributed by atoms with van der Waals surface area (Å²) in [5, 5.41) is 1.60. The molecule has 0 spiro atoms. The number of benzene rings is 2. The quantitative estimate of drug-likeness (QED) is 0.307. The first-order valence-electron chi connectivity index (χ1n) is 12.1. The molecule has 0 amide bonds. The van der Waals surface area contributed by atoms with Crippen LogP contribution in [0.25, 0.3) is 0 Å². The van der Waals surface area contributed by atoms with Crippen LogP contribution in [0, 0.1) is 5.82 Å². The molecule has 1 heterocycles. The molecule has 1 fully saturated rings. The fourth-order valence-electron chi connectivity index (χ4n) is 4.62. The molecule has 3 aromatic rings. The lowest BCUT2D eigenvalue weighted by atomic mass is 9.91. The number of rotatable bonds is 10. The fourth-order valence-corrected chi connectivity index (χ4v) is 7.25. The first kappa shape index (κ1) is 28.4. The lowest BCUT2D eigenvalue weighted by Crippen LogP contribution is -2.44. The molecule has 8 nitrogen and oxygen atoms in total. The maximum Gasteiger partial charge on any atom is 0.270 e. The van der Waals surface area contributed by atoms with Gasteiger partial charge in [0, 0.05) is 35.3 Å². The van der Waals surface area contributed by atoms with Crippen LogP contribution in [-0.4, -0.2) is 58.8 Å². The first-order valence-corrected chi connectivity index (χ1v) is 14.8. The molecule has 12 heteroatoms. The van der Waals surface area contributed by atoms with Gasteiger partial charge in [-0.15, -0.1) is 11.3 Å². The van der Waals surface area contributed by atoms with Crippen molar-refractivity contribution in [2.24, 2.45) is 0 Å². The number of thiazole rings is 1. The molecule has 1 unspecified atom stereocenters. The van der Waals surface area contributed by atoms with Gasteiger partial charge in [0.05, 0.1) is 25.8 Å².